The highest BCUT2D eigenvalue weighted by atomic mass is 32.2. The van der Waals surface area contributed by atoms with E-state index in [0.29, 0.717) is 5.52 Å². The lowest BCUT2D eigenvalue weighted by Gasteiger charge is -2.22. The first-order valence-corrected chi connectivity index (χ1v) is 11.5. The third kappa shape index (κ3) is 4.74. The fourth-order valence-corrected chi connectivity index (χ4v) is 5.01. The molecule has 3 rings (SSSR count). The van der Waals surface area contributed by atoms with E-state index < -0.39 is 16.0 Å². The third-order valence-electron chi connectivity index (χ3n) is 5.33. The molecular weight excluding hydrogens is 432 g/mol. The standard InChI is InChI=1S/C23H26N2O6S/c1-15-8-9-16(2)21-20(15)13-18(22(27)24-21)14-25(10-5-11-26)32(29,30)19-7-4-6-17(12-19)23(28)31-3/h4,6-9,12-13,26H,5,10-11,14H2,1-3H3,(H,24,27). The molecule has 1 heterocycles. The average molecular weight is 459 g/mol. The van der Waals surface area contributed by atoms with Crippen LogP contribution in [0, 0.1) is 13.8 Å². The molecule has 0 radical (unpaired) electrons. The van der Waals surface area contributed by atoms with Crippen molar-refractivity contribution in [3.8, 4) is 0 Å². The number of benzene rings is 2. The minimum atomic E-state index is -4.06. The molecule has 2 aromatic carbocycles. The van der Waals surface area contributed by atoms with Gasteiger partial charge in [-0.15, -0.1) is 0 Å². The van der Waals surface area contributed by atoms with Gasteiger partial charge in [0.05, 0.1) is 23.1 Å². The van der Waals surface area contributed by atoms with Gasteiger partial charge in [-0.25, -0.2) is 13.2 Å². The SMILES string of the molecule is COC(=O)c1cccc(S(=O)(=O)N(CCCO)Cc2cc3c(C)ccc(C)c3[nH]c2=O)c1. The fourth-order valence-electron chi connectivity index (χ4n) is 3.51. The van der Waals surface area contributed by atoms with Crippen LogP contribution < -0.4 is 5.56 Å². The second kappa shape index (κ2) is 9.64. The number of fused-ring (bicyclic) bond motifs is 1. The first kappa shape index (κ1) is 23.6. The van der Waals surface area contributed by atoms with Crippen LogP contribution in [0.25, 0.3) is 10.9 Å². The van der Waals surface area contributed by atoms with Crippen LogP contribution in [0.2, 0.25) is 0 Å². The summed E-state index contributed by atoms with van der Waals surface area (Å²) in [4.78, 5) is 27.4. The van der Waals surface area contributed by atoms with Gasteiger partial charge in [-0.05, 0) is 55.7 Å². The molecule has 0 amide bonds. The van der Waals surface area contributed by atoms with Crippen LogP contribution in [0.1, 0.15) is 33.5 Å². The summed E-state index contributed by atoms with van der Waals surface area (Å²) in [7, 11) is -2.85. The van der Waals surface area contributed by atoms with Gasteiger partial charge in [-0.1, -0.05) is 18.2 Å². The third-order valence-corrected chi connectivity index (χ3v) is 7.17. The number of hydrogen-bond donors (Lipinski definition) is 2. The van der Waals surface area contributed by atoms with Crippen molar-refractivity contribution >= 4 is 26.9 Å². The molecule has 0 aliphatic heterocycles. The number of esters is 1. The van der Waals surface area contributed by atoms with Crippen molar-refractivity contribution in [2.45, 2.75) is 31.7 Å². The summed E-state index contributed by atoms with van der Waals surface area (Å²) in [5, 5.41) is 10.1. The van der Waals surface area contributed by atoms with Gasteiger partial charge < -0.3 is 14.8 Å². The molecule has 32 heavy (non-hydrogen) atoms. The summed E-state index contributed by atoms with van der Waals surface area (Å²) in [5.41, 5.74) is 2.60. The molecule has 3 aromatic rings. The van der Waals surface area contributed by atoms with Gasteiger partial charge in [0.15, 0.2) is 0 Å². The number of carbonyl (C=O) groups is 1. The smallest absolute Gasteiger partial charge is 0.337 e. The lowest BCUT2D eigenvalue weighted by atomic mass is 10.0. The maximum atomic E-state index is 13.4. The van der Waals surface area contributed by atoms with Crippen molar-refractivity contribution in [3.63, 3.8) is 0 Å². The van der Waals surface area contributed by atoms with Gasteiger partial charge in [0.2, 0.25) is 10.0 Å². The Balaban J connectivity index is 2.06. The molecule has 8 nitrogen and oxygen atoms in total. The van der Waals surface area contributed by atoms with E-state index in [9.17, 15) is 23.1 Å². The molecule has 0 atom stereocenters. The van der Waals surface area contributed by atoms with Crippen LogP contribution in [0.3, 0.4) is 0 Å². The number of aliphatic hydroxyl groups excluding tert-OH is 1. The van der Waals surface area contributed by atoms with Crippen molar-refractivity contribution in [2.75, 3.05) is 20.3 Å². The van der Waals surface area contributed by atoms with Gasteiger partial charge in [0.1, 0.15) is 0 Å². The molecule has 1 aromatic heterocycles. The van der Waals surface area contributed by atoms with E-state index in [0.717, 1.165) is 20.8 Å². The maximum Gasteiger partial charge on any atom is 0.337 e. The van der Waals surface area contributed by atoms with Crippen molar-refractivity contribution in [2.24, 2.45) is 0 Å². The van der Waals surface area contributed by atoms with Gasteiger partial charge in [0.25, 0.3) is 5.56 Å². The van der Waals surface area contributed by atoms with Crippen LogP contribution in [-0.4, -0.2) is 49.0 Å². The van der Waals surface area contributed by atoms with Crippen molar-refractivity contribution in [3.05, 3.63) is 75.1 Å². The number of sulfonamides is 1. The number of rotatable bonds is 8. The molecule has 0 saturated carbocycles. The largest absolute Gasteiger partial charge is 0.465 e. The normalized spacial score (nSPS) is 11.8. The van der Waals surface area contributed by atoms with Crippen LogP contribution >= 0.6 is 0 Å². The van der Waals surface area contributed by atoms with Crippen molar-refractivity contribution in [1.29, 1.82) is 0 Å². The average Bonchev–Trinajstić information content (AvgIpc) is 2.79. The first-order valence-electron chi connectivity index (χ1n) is 10.1. The van der Waals surface area contributed by atoms with Crippen molar-refractivity contribution < 1.29 is 23.1 Å². The minimum absolute atomic E-state index is 0.00552. The van der Waals surface area contributed by atoms with Crippen LogP contribution in [-0.2, 0) is 21.3 Å². The number of aliphatic hydroxyl groups is 1. The van der Waals surface area contributed by atoms with E-state index in [1.54, 1.807) is 6.07 Å². The number of carbonyl (C=O) groups excluding carboxylic acids is 1. The lowest BCUT2D eigenvalue weighted by Crippen LogP contribution is -2.34. The second-order valence-corrected chi connectivity index (χ2v) is 9.48. The number of pyridine rings is 1. The Morgan fingerprint density at radius 2 is 1.84 bits per heavy atom. The van der Waals surface area contributed by atoms with E-state index in [1.165, 1.54) is 31.4 Å². The highest BCUT2D eigenvalue weighted by Crippen LogP contribution is 2.23. The Morgan fingerprint density at radius 1 is 1.12 bits per heavy atom. The minimum Gasteiger partial charge on any atom is -0.465 e. The molecule has 0 bridgehead atoms. The fraction of sp³-hybridized carbons (Fsp3) is 0.304. The molecule has 2 N–H and O–H groups in total. The highest BCUT2D eigenvalue weighted by Gasteiger charge is 2.26. The summed E-state index contributed by atoms with van der Waals surface area (Å²) in [5.74, 6) is -0.652. The highest BCUT2D eigenvalue weighted by molar-refractivity contribution is 7.89. The van der Waals surface area contributed by atoms with Gasteiger partial charge >= 0.3 is 5.97 Å². The zero-order chi connectivity index (χ0) is 23.5. The molecule has 0 saturated heterocycles. The lowest BCUT2D eigenvalue weighted by molar-refractivity contribution is 0.0600. The Kier molecular flexibility index (Phi) is 7.12. The quantitative estimate of drug-likeness (QED) is 0.501. The number of aromatic amines is 1. The van der Waals surface area contributed by atoms with Crippen LogP contribution in [0.4, 0.5) is 0 Å². The molecule has 0 aliphatic rings. The molecule has 0 unspecified atom stereocenters. The number of methoxy groups -OCH3 is 1. The van der Waals surface area contributed by atoms with E-state index in [2.05, 4.69) is 9.72 Å². The number of ether oxygens (including phenoxy) is 1. The van der Waals surface area contributed by atoms with Crippen molar-refractivity contribution in [1.82, 2.24) is 9.29 Å². The Labute approximate surface area is 186 Å². The predicted octanol–water partition coefficient (Wildman–Crippen LogP) is 2.50. The molecule has 0 fully saturated rings. The number of nitrogens with zero attached hydrogens (tertiary/aromatic N) is 1. The second-order valence-electron chi connectivity index (χ2n) is 7.55. The zero-order valence-electron chi connectivity index (χ0n) is 18.2. The van der Waals surface area contributed by atoms with E-state index in [4.69, 9.17) is 0 Å². The number of aryl methyl sites for hydroxylation is 2. The zero-order valence-corrected chi connectivity index (χ0v) is 19.0. The summed E-state index contributed by atoms with van der Waals surface area (Å²) >= 11 is 0. The summed E-state index contributed by atoms with van der Waals surface area (Å²) < 4.78 is 32.6. The predicted molar refractivity (Wildman–Crippen MR) is 121 cm³/mol. The molecule has 0 aliphatic carbocycles. The monoisotopic (exact) mass is 458 g/mol. The molecular formula is C23H26N2O6S. The molecule has 170 valence electrons. The first-order chi connectivity index (χ1) is 15.2. The van der Waals surface area contributed by atoms with E-state index >= 15 is 0 Å². The van der Waals surface area contributed by atoms with Gasteiger partial charge in [0, 0.05) is 30.6 Å². The maximum absolute atomic E-state index is 13.4. The molecule has 0 spiro atoms. The Morgan fingerprint density at radius 3 is 2.53 bits per heavy atom. The van der Waals surface area contributed by atoms with Gasteiger partial charge in [-0.2, -0.15) is 4.31 Å². The number of nitrogens with one attached hydrogen (secondary N) is 1. The topological polar surface area (TPSA) is 117 Å². The summed E-state index contributed by atoms with van der Waals surface area (Å²) in [6, 6.07) is 11.1. The van der Waals surface area contributed by atoms with E-state index in [1.807, 2.05) is 26.0 Å². The number of aromatic nitrogens is 1. The number of hydrogen-bond acceptors (Lipinski definition) is 6. The Bertz CT molecular complexity index is 1310. The van der Waals surface area contributed by atoms with E-state index in [-0.39, 0.29) is 47.7 Å². The summed E-state index contributed by atoms with van der Waals surface area (Å²) in [6.45, 7) is 3.43. The Hall–Kier alpha value is -3.01. The number of H-pyrrole nitrogens is 1. The molecule has 9 heteroatoms. The van der Waals surface area contributed by atoms with Gasteiger partial charge in [-0.3, -0.25) is 4.79 Å². The van der Waals surface area contributed by atoms with Crippen LogP contribution in [0.5, 0.6) is 0 Å². The summed E-state index contributed by atoms with van der Waals surface area (Å²) in [6.07, 6.45) is 0.194. The van der Waals surface area contributed by atoms with Crippen LogP contribution in [0.15, 0.2) is 52.2 Å².